The quantitative estimate of drug-likeness (QED) is 0.373. The number of thiophene rings is 1. The normalized spacial score (nSPS) is 25.0. The smallest absolute Gasteiger partial charge is 0.358 e. The molecule has 2 amide bonds. The van der Waals surface area contributed by atoms with Gasteiger partial charge < -0.3 is 4.90 Å². The number of fused-ring (bicyclic) bond motifs is 5. The van der Waals surface area contributed by atoms with Crippen LogP contribution in [0, 0.1) is 11.8 Å². The number of Topliss-reactive ketones (excluding diaryl/α,β-unsaturated/α-hetero) is 1. The number of alkyl halides is 3. The highest BCUT2D eigenvalue weighted by Gasteiger charge is 2.64. The molecule has 2 fully saturated rings. The molecule has 2 saturated heterocycles. The van der Waals surface area contributed by atoms with Crippen molar-refractivity contribution >= 4 is 40.7 Å². The Bertz CT molecular complexity index is 1400. The van der Waals surface area contributed by atoms with Crippen LogP contribution >= 0.6 is 11.3 Å². The molecule has 3 aliphatic heterocycles. The van der Waals surface area contributed by atoms with Gasteiger partial charge in [-0.3, -0.25) is 14.4 Å². The number of carbonyl (C=O) groups is 3. The van der Waals surface area contributed by atoms with Gasteiger partial charge in [0.15, 0.2) is 5.78 Å². The second kappa shape index (κ2) is 7.64. The second-order valence-electron chi connectivity index (χ2n) is 8.73. The topological polar surface area (TPSA) is 57.7 Å². The largest absolute Gasteiger partial charge is 0.416 e. The maximum atomic E-state index is 13.7. The Morgan fingerprint density at radius 1 is 0.914 bits per heavy atom. The molecule has 0 saturated carbocycles. The van der Waals surface area contributed by atoms with Crippen molar-refractivity contribution in [3.8, 4) is 0 Å². The van der Waals surface area contributed by atoms with Crippen LogP contribution < -0.4 is 4.90 Å². The van der Waals surface area contributed by atoms with Gasteiger partial charge in [-0.25, -0.2) is 4.90 Å². The molecular formula is C26H17F3N2O3S. The summed E-state index contributed by atoms with van der Waals surface area (Å²) in [6, 6.07) is 13.5. The third-order valence-corrected chi connectivity index (χ3v) is 7.81. The lowest BCUT2D eigenvalue weighted by molar-refractivity contribution is -0.137. The molecule has 0 bridgehead atoms. The van der Waals surface area contributed by atoms with Gasteiger partial charge in [0.25, 0.3) is 0 Å². The van der Waals surface area contributed by atoms with Gasteiger partial charge in [-0.2, -0.15) is 13.2 Å². The molecule has 0 N–H and O–H groups in total. The van der Waals surface area contributed by atoms with E-state index in [0.717, 1.165) is 28.2 Å². The van der Waals surface area contributed by atoms with E-state index in [1.165, 1.54) is 23.5 Å². The van der Waals surface area contributed by atoms with Crippen LogP contribution in [0.3, 0.4) is 0 Å². The number of imide groups is 1. The number of rotatable bonds is 3. The van der Waals surface area contributed by atoms with E-state index in [2.05, 4.69) is 0 Å². The van der Waals surface area contributed by atoms with E-state index in [-0.39, 0.29) is 11.5 Å². The van der Waals surface area contributed by atoms with Gasteiger partial charge in [0, 0.05) is 6.20 Å². The van der Waals surface area contributed by atoms with Crippen molar-refractivity contribution in [2.45, 2.75) is 18.3 Å². The highest BCUT2D eigenvalue weighted by Crippen LogP contribution is 2.54. The number of benzene rings is 2. The third-order valence-electron chi connectivity index (χ3n) is 6.93. The lowest BCUT2D eigenvalue weighted by Crippen LogP contribution is -2.44. The van der Waals surface area contributed by atoms with Gasteiger partial charge >= 0.3 is 6.18 Å². The zero-order chi connectivity index (χ0) is 24.5. The Morgan fingerprint density at radius 2 is 1.69 bits per heavy atom. The van der Waals surface area contributed by atoms with Crippen molar-refractivity contribution < 1.29 is 27.6 Å². The van der Waals surface area contributed by atoms with Crippen molar-refractivity contribution in [2.24, 2.45) is 11.8 Å². The molecule has 4 unspecified atom stereocenters. The summed E-state index contributed by atoms with van der Waals surface area (Å²) < 4.78 is 40.0. The molecule has 6 rings (SSSR count). The second-order valence-corrected chi connectivity index (χ2v) is 9.68. The zero-order valence-electron chi connectivity index (χ0n) is 18.0. The van der Waals surface area contributed by atoms with E-state index >= 15 is 0 Å². The van der Waals surface area contributed by atoms with Gasteiger partial charge in [0.05, 0.1) is 34.0 Å². The van der Waals surface area contributed by atoms with Crippen molar-refractivity contribution in [1.82, 2.24) is 4.90 Å². The SMILES string of the molecule is O=C(c1cccs1)C1C2C(=O)N(c3cccc(C(F)(F)F)c3)C(=O)C2C2c3ccccc3C=CN12. The summed E-state index contributed by atoms with van der Waals surface area (Å²) in [4.78, 5) is 44.1. The van der Waals surface area contributed by atoms with Crippen LogP contribution in [-0.2, 0) is 15.8 Å². The van der Waals surface area contributed by atoms with Crippen LogP contribution in [0.25, 0.3) is 6.08 Å². The molecule has 35 heavy (non-hydrogen) atoms. The summed E-state index contributed by atoms with van der Waals surface area (Å²) >= 11 is 1.25. The van der Waals surface area contributed by atoms with E-state index in [1.807, 2.05) is 30.3 Å². The van der Waals surface area contributed by atoms with Gasteiger partial charge in [0.1, 0.15) is 6.04 Å². The molecular weight excluding hydrogens is 477 g/mol. The predicted molar refractivity (Wildman–Crippen MR) is 123 cm³/mol. The lowest BCUT2D eigenvalue weighted by Gasteiger charge is -2.35. The molecule has 4 atom stereocenters. The van der Waals surface area contributed by atoms with Crippen LogP contribution in [-0.4, -0.2) is 28.5 Å². The summed E-state index contributed by atoms with van der Waals surface area (Å²) in [5.74, 6) is -3.46. The number of carbonyl (C=O) groups excluding carboxylic acids is 3. The molecule has 1 aromatic heterocycles. The average Bonchev–Trinajstić information content (AvgIpc) is 3.55. The highest BCUT2D eigenvalue weighted by molar-refractivity contribution is 7.12. The van der Waals surface area contributed by atoms with Crippen molar-refractivity contribution in [2.75, 3.05) is 4.90 Å². The average molecular weight is 494 g/mol. The van der Waals surface area contributed by atoms with Crippen molar-refractivity contribution in [1.29, 1.82) is 0 Å². The summed E-state index contributed by atoms with van der Waals surface area (Å²) in [5, 5.41) is 1.76. The lowest BCUT2D eigenvalue weighted by atomic mass is 9.84. The highest BCUT2D eigenvalue weighted by atomic mass is 32.1. The van der Waals surface area contributed by atoms with E-state index in [4.69, 9.17) is 0 Å². The third kappa shape index (κ3) is 3.18. The minimum Gasteiger partial charge on any atom is -0.358 e. The van der Waals surface area contributed by atoms with E-state index in [9.17, 15) is 27.6 Å². The van der Waals surface area contributed by atoms with Crippen LogP contribution in [0.5, 0.6) is 0 Å². The summed E-state index contributed by atoms with van der Waals surface area (Å²) in [6.07, 6.45) is -1.03. The molecule has 3 aliphatic rings. The molecule has 9 heteroatoms. The van der Waals surface area contributed by atoms with Crippen LogP contribution in [0.2, 0.25) is 0 Å². The molecule has 2 aromatic carbocycles. The first-order chi connectivity index (χ1) is 16.8. The number of ketones is 1. The first-order valence-electron chi connectivity index (χ1n) is 10.9. The van der Waals surface area contributed by atoms with Crippen LogP contribution in [0.1, 0.15) is 32.4 Å². The number of hydrogen-bond donors (Lipinski definition) is 0. The first kappa shape index (κ1) is 21.8. The predicted octanol–water partition coefficient (Wildman–Crippen LogP) is 5.17. The Balaban J connectivity index is 1.49. The maximum Gasteiger partial charge on any atom is 0.416 e. The van der Waals surface area contributed by atoms with Crippen molar-refractivity contribution in [3.05, 3.63) is 93.8 Å². The number of nitrogens with zero attached hydrogens (tertiary/aromatic N) is 2. The Kier molecular flexibility index (Phi) is 4.76. The fourth-order valence-electron chi connectivity index (χ4n) is 5.50. The molecule has 3 aromatic rings. The maximum absolute atomic E-state index is 13.7. The Labute approximate surface area is 202 Å². The van der Waals surface area contributed by atoms with E-state index in [1.54, 1.807) is 28.6 Å². The Morgan fingerprint density at radius 3 is 2.43 bits per heavy atom. The summed E-state index contributed by atoms with van der Waals surface area (Å²) in [7, 11) is 0. The molecule has 4 heterocycles. The fraction of sp³-hybridized carbons (Fsp3) is 0.192. The van der Waals surface area contributed by atoms with Crippen LogP contribution in [0.4, 0.5) is 18.9 Å². The number of anilines is 1. The monoisotopic (exact) mass is 494 g/mol. The number of amides is 2. The molecule has 0 radical (unpaired) electrons. The number of halogens is 3. The molecule has 0 aliphatic carbocycles. The fourth-order valence-corrected chi connectivity index (χ4v) is 6.20. The first-order valence-corrected chi connectivity index (χ1v) is 11.8. The minimum absolute atomic E-state index is 0.141. The van der Waals surface area contributed by atoms with Gasteiger partial charge in [-0.1, -0.05) is 36.4 Å². The standard InChI is InChI=1S/C26H17F3N2O3S/c27-26(28,29)15-6-3-7-16(13-15)31-24(33)19-20(25(31)34)22(23(32)18-9-4-12-35-18)30-11-10-14-5-1-2-8-17(14)21(19)30/h1-13,19-22H. The molecule has 176 valence electrons. The molecule has 5 nitrogen and oxygen atoms in total. The molecule has 0 spiro atoms. The van der Waals surface area contributed by atoms with Gasteiger partial charge in [-0.15, -0.1) is 11.3 Å². The zero-order valence-corrected chi connectivity index (χ0v) is 18.8. The Hall–Kier alpha value is -3.72. The summed E-state index contributed by atoms with van der Waals surface area (Å²) in [5.41, 5.74) is 0.581. The van der Waals surface area contributed by atoms with E-state index < -0.39 is 47.5 Å². The minimum atomic E-state index is -4.63. The summed E-state index contributed by atoms with van der Waals surface area (Å²) in [6.45, 7) is 0. The van der Waals surface area contributed by atoms with E-state index in [0.29, 0.717) is 4.88 Å². The number of hydrogen-bond acceptors (Lipinski definition) is 5. The van der Waals surface area contributed by atoms with Crippen molar-refractivity contribution in [3.63, 3.8) is 0 Å². The van der Waals surface area contributed by atoms with Gasteiger partial charge in [-0.05, 0) is 46.8 Å². The van der Waals surface area contributed by atoms with Gasteiger partial charge in [0.2, 0.25) is 11.8 Å². The van der Waals surface area contributed by atoms with Crippen LogP contribution in [0.15, 0.2) is 72.2 Å².